The van der Waals surface area contributed by atoms with Crippen molar-refractivity contribution < 1.29 is 43.0 Å². The van der Waals surface area contributed by atoms with Crippen molar-refractivity contribution in [2.75, 3.05) is 33.3 Å². The highest BCUT2D eigenvalue weighted by Crippen LogP contribution is 2.20. The van der Waals surface area contributed by atoms with E-state index in [9.17, 15) is 33.6 Å². The van der Waals surface area contributed by atoms with Crippen LogP contribution in [0.25, 0.3) is 0 Å². The Bertz CT molecular complexity index is 1030. The van der Waals surface area contributed by atoms with E-state index in [1.807, 2.05) is 0 Å². The topological polar surface area (TPSA) is 193 Å². The molecule has 6 amide bonds. The molecule has 0 spiro atoms. The highest BCUT2D eigenvalue weighted by atomic mass is 16.6. The third kappa shape index (κ3) is 9.90. The SMILES string of the molecule is COC(=O)CNC(=O)[C@@H]1CCCN1C(=O)[C@H](C)NC(=O)CNC(=O)[C@@H]1CCCN1C(=O)[C@H](C)NC(=O)OC(C)(C)C. The van der Waals surface area contributed by atoms with Crippen molar-refractivity contribution in [1.82, 2.24) is 31.1 Å². The van der Waals surface area contributed by atoms with Crippen LogP contribution in [0.15, 0.2) is 0 Å². The van der Waals surface area contributed by atoms with Crippen LogP contribution in [0.3, 0.4) is 0 Å². The van der Waals surface area contributed by atoms with Crippen molar-refractivity contribution in [3.05, 3.63) is 0 Å². The molecule has 0 unspecified atom stereocenters. The van der Waals surface area contributed by atoms with Gasteiger partial charge in [-0.15, -0.1) is 0 Å². The number of carbonyl (C=O) groups is 7. The Balaban J connectivity index is 1.85. The van der Waals surface area contributed by atoms with Gasteiger partial charge in [0.15, 0.2) is 0 Å². The van der Waals surface area contributed by atoms with E-state index in [1.54, 1.807) is 20.8 Å². The maximum Gasteiger partial charge on any atom is 0.408 e. The summed E-state index contributed by atoms with van der Waals surface area (Å²) >= 11 is 0. The Kier molecular flexibility index (Phi) is 11.9. The van der Waals surface area contributed by atoms with E-state index in [0.29, 0.717) is 38.8 Å². The molecule has 4 N–H and O–H groups in total. The number of hydrogen-bond donors (Lipinski definition) is 4. The molecule has 2 heterocycles. The molecule has 0 aromatic carbocycles. The van der Waals surface area contributed by atoms with Gasteiger partial charge in [-0.05, 0) is 60.3 Å². The maximum absolute atomic E-state index is 12.9. The zero-order valence-corrected chi connectivity index (χ0v) is 24.5. The van der Waals surface area contributed by atoms with Crippen LogP contribution < -0.4 is 21.3 Å². The molecule has 0 bridgehead atoms. The molecule has 15 nitrogen and oxygen atoms in total. The van der Waals surface area contributed by atoms with Crippen LogP contribution in [0.4, 0.5) is 4.79 Å². The predicted octanol–water partition coefficient (Wildman–Crippen LogP) is -1.21. The summed E-state index contributed by atoms with van der Waals surface area (Å²) in [4.78, 5) is 89.7. The van der Waals surface area contributed by atoms with Crippen molar-refractivity contribution in [2.45, 2.75) is 90.1 Å². The minimum atomic E-state index is -0.974. The first kappa shape index (κ1) is 33.3. The fourth-order valence-corrected chi connectivity index (χ4v) is 4.64. The summed E-state index contributed by atoms with van der Waals surface area (Å²) in [7, 11) is 1.20. The van der Waals surface area contributed by atoms with Crippen LogP contribution in [-0.2, 0) is 38.2 Å². The lowest BCUT2D eigenvalue weighted by Crippen LogP contribution is -2.55. The van der Waals surface area contributed by atoms with Gasteiger partial charge in [-0.25, -0.2) is 4.79 Å². The fourth-order valence-electron chi connectivity index (χ4n) is 4.64. The molecule has 0 aliphatic carbocycles. The second kappa shape index (κ2) is 14.6. The number of esters is 1. The minimum absolute atomic E-state index is 0.316. The average Bonchev–Trinajstić information content (AvgIpc) is 3.58. The van der Waals surface area contributed by atoms with E-state index < -0.39 is 77.9 Å². The van der Waals surface area contributed by atoms with Gasteiger partial charge in [0.2, 0.25) is 29.5 Å². The quantitative estimate of drug-likeness (QED) is 0.229. The van der Waals surface area contributed by atoms with Crippen LogP contribution >= 0.6 is 0 Å². The number of methoxy groups -OCH3 is 1. The smallest absolute Gasteiger partial charge is 0.408 e. The van der Waals surface area contributed by atoms with E-state index in [4.69, 9.17) is 4.74 Å². The van der Waals surface area contributed by atoms with E-state index in [1.165, 1.54) is 30.8 Å². The van der Waals surface area contributed by atoms with Crippen LogP contribution in [-0.4, -0.2) is 114 Å². The van der Waals surface area contributed by atoms with E-state index >= 15 is 0 Å². The van der Waals surface area contributed by atoms with Crippen molar-refractivity contribution in [3.63, 3.8) is 0 Å². The molecule has 2 rings (SSSR count). The standard InChI is InChI=1S/C26H42N6O9/c1-15(23(37)31-11-8-10-18(31)22(36)28-14-20(34)40-6)29-19(33)13-27-21(35)17-9-7-12-32(17)24(38)16(2)30-25(39)41-26(3,4)5/h15-18H,7-14H2,1-6H3,(H,27,35)(H,28,36)(H,29,33)(H,30,39)/t15-,16-,17-,18-/m0/s1. The molecule has 0 aromatic rings. The van der Waals surface area contributed by atoms with Crippen molar-refractivity contribution in [1.29, 1.82) is 0 Å². The monoisotopic (exact) mass is 582 g/mol. The number of nitrogens with one attached hydrogen (secondary N) is 4. The van der Waals surface area contributed by atoms with Crippen LogP contribution in [0.2, 0.25) is 0 Å². The molecular formula is C26H42N6O9. The fraction of sp³-hybridized carbons (Fsp3) is 0.731. The molecular weight excluding hydrogens is 540 g/mol. The lowest BCUT2D eigenvalue weighted by Gasteiger charge is -2.28. The van der Waals surface area contributed by atoms with E-state index in [-0.39, 0.29) is 6.54 Å². The lowest BCUT2D eigenvalue weighted by molar-refractivity contribution is -0.143. The summed E-state index contributed by atoms with van der Waals surface area (Å²) in [6.45, 7) is 7.96. The first-order valence-electron chi connectivity index (χ1n) is 13.7. The zero-order chi connectivity index (χ0) is 30.9. The maximum atomic E-state index is 12.9. The first-order chi connectivity index (χ1) is 19.1. The largest absolute Gasteiger partial charge is 0.468 e. The summed E-state index contributed by atoms with van der Waals surface area (Å²) in [6, 6.07) is -3.49. The Morgan fingerprint density at radius 3 is 1.71 bits per heavy atom. The van der Waals surface area contributed by atoms with Crippen molar-refractivity contribution >= 4 is 41.6 Å². The second-order valence-corrected chi connectivity index (χ2v) is 11.0. The van der Waals surface area contributed by atoms with Gasteiger partial charge in [-0.1, -0.05) is 0 Å². The van der Waals surface area contributed by atoms with Gasteiger partial charge in [-0.3, -0.25) is 28.8 Å². The lowest BCUT2D eigenvalue weighted by atomic mass is 10.2. The van der Waals surface area contributed by atoms with E-state index in [2.05, 4.69) is 26.0 Å². The highest BCUT2D eigenvalue weighted by Gasteiger charge is 2.38. The average molecular weight is 583 g/mol. The second-order valence-electron chi connectivity index (χ2n) is 11.0. The Morgan fingerprint density at radius 1 is 0.780 bits per heavy atom. The van der Waals surface area contributed by atoms with Gasteiger partial charge in [0.25, 0.3) is 0 Å². The Labute approximate surface area is 239 Å². The summed E-state index contributed by atoms with van der Waals surface area (Å²) in [5.74, 6) is -3.18. The third-order valence-electron chi connectivity index (χ3n) is 6.59. The molecule has 0 radical (unpaired) electrons. The number of rotatable bonds is 10. The number of amides is 6. The minimum Gasteiger partial charge on any atom is -0.468 e. The number of carbonyl (C=O) groups excluding carboxylic acids is 7. The number of ether oxygens (including phenoxy) is 2. The number of likely N-dealkylation sites (tertiary alicyclic amines) is 2. The summed E-state index contributed by atoms with van der Waals surface area (Å²) in [6.07, 6.45) is 1.22. The molecule has 15 heteroatoms. The van der Waals surface area contributed by atoms with Gasteiger partial charge < -0.3 is 40.5 Å². The molecule has 41 heavy (non-hydrogen) atoms. The van der Waals surface area contributed by atoms with E-state index in [0.717, 1.165) is 0 Å². The first-order valence-corrected chi connectivity index (χ1v) is 13.7. The third-order valence-corrected chi connectivity index (χ3v) is 6.59. The van der Waals surface area contributed by atoms with Gasteiger partial charge in [-0.2, -0.15) is 0 Å². The van der Waals surface area contributed by atoms with Crippen molar-refractivity contribution in [3.8, 4) is 0 Å². The number of nitrogens with zero attached hydrogens (tertiary/aromatic N) is 2. The molecule has 0 aromatic heterocycles. The van der Waals surface area contributed by atoms with Gasteiger partial charge >= 0.3 is 12.1 Å². The van der Waals surface area contributed by atoms with Gasteiger partial charge in [0.05, 0.1) is 13.7 Å². The summed E-state index contributed by atoms with van der Waals surface area (Å²) in [5.41, 5.74) is -0.734. The molecule has 230 valence electrons. The number of alkyl carbamates (subject to hydrolysis) is 1. The zero-order valence-electron chi connectivity index (χ0n) is 24.5. The predicted molar refractivity (Wildman–Crippen MR) is 144 cm³/mol. The van der Waals surface area contributed by atoms with Crippen molar-refractivity contribution in [2.24, 2.45) is 0 Å². The Hall–Kier alpha value is -3.91. The Morgan fingerprint density at radius 2 is 1.24 bits per heavy atom. The van der Waals surface area contributed by atoms with Crippen LogP contribution in [0.1, 0.15) is 60.3 Å². The van der Waals surface area contributed by atoms with Gasteiger partial charge in [0, 0.05) is 13.1 Å². The molecule has 0 saturated carbocycles. The summed E-state index contributed by atoms with van der Waals surface area (Å²) in [5, 5.41) is 9.94. The molecule has 4 atom stereocenters. The van der Waals surface area contributed by atoms with Gasteiger partial charge in [0.1, 0.15) is 36.3 Å². The molecule has 2 aliphatic heterocycles. The number of hydrogen-bond acceptors (Lipinski definition) is 9. The van der Waals surface area contributed by atoms with Crippen LogP contribution in [0.5, 0.6) is 0 Å². The molecule has 2 saturated heterocycles. The molecule has 2 aliphatic rings. The van der Waals surface area contributed by atoms with Crippen LogP contribution in [0, 0.1) is 0 Å². The normalized spacial score (nSPS) is 20.0. The summed E-state index contributed by atoms with van der Waals surface area (Å²) < 4.78 is 9.67. The molecule has 2 fully saturated rings. The highest BCUT2D eigenvalue weighted by molar-refractivity contribution is 5.95.